The second-order valence-corrected chi connectivity index (χ2v) is 8.86. The number of halogens is 3. The normalized spacial score (nSPS) is 11.8. The van der Waals surface area contributed by atoms with Crippen molar-refractivity contribution in [2.75, 3.05) is 20.3 Å². The lowest BCUT2D eigenvalue weighted by atomic mass is 10.2. The van der Waals surface area contributed by atoms with E-state index in [4.69, 9.17) is 14.2 Å². The van der Waals surface area contributed by atoms with Gasteiger partial charge in [0.05, 0.1) is 23.0 Å². The lowest BCUT2D eigenvalue weighted by Crippen LogP contribution is -2.16. The Labute approximate surface area is 194 Å². The minimum Gasteiger partial charge on any atom is -0.491 e. The zero-order valence-corrected chi connectivity index (χ0v) is 18.7. The topological polar surface area (TPSA) is 91.3 Å². The average molecular weight is 498 g/mol. The number of alkyl halides is 3. The molecule has 7 nitrogen and oxygen atoms in total. The molecule has 0 spiro atoms. The quantitative estimate of drug-likeness (QED) is 0.404. The van der Waals surface area contributed by atoms with Gasteiger partial charge in [-0.2, -0.15) is 0 Å². The number of hydrogen-bond donors (Lipinski definition) is 1. The molecule has 11 heteroatoms. The fraction of sp³-hybridized carbons (Fsp3) is 0.217. The van der Waals surface area contributed by atoms with Crippen molar-refractivity contribution in [3.05, 3.63) is 72.3 Å². The van der Waals surface area contributed by atoms with Gasteiger partial charge in [-0.3, -0.25) is 0 Å². The molecule has 0 aliphatic rings. The summed E-state index contributed by atoms with van der Waals surface area (Å²) < 4.78 is 82.7. The van der Waals surface area contributed by atoms with E-state index in [0.29, 0.717) is 12.2 Å². The summed E-state index contributed by atoms with van der Waals surface area (Å²) in [6, 6.07) is 14.5. The molecular weight excluding hydrogens is 477 g/mol. The first kappa shape index (κ1) is 25.3. The van der Waals surface area contributed by atoms with Crippen molar-refractivity contribution >= 4 is 9.84 Å². The van der Waals surface area contributed by atoms with E-state index in [1.807, 2.05) is 0 Å². The highest BCUT2D eigenvalue weighted by Gasteiger charge is 2.31. The number of aliphatic hydroxyl groups is 1. The predicted molar refractivity (Wildman–Crippen MR) is 115 cm³/mol. The first-order valence-electron chi connectivity index (χ1n) is 9.86. The van der Waals surface area contributed by atoms with Crippen LogP contribution >= 0.6 is 0 Å². The Balaban J connectivity index is 1.76. The fourth-order valence-corrected chi connectivity index (χ4v) is 4.22. The van der Waals surface area contributed by atoms with Crippen LogP contribution in [0.3, 0.4) is 0 Å². The van der Waals surface area contributed by atoms with E-state index in [1.54, 1.807) is 0 Å². The summed E-state index contributed by atoms with van der Waals surface area (Å²) in [7, 11) is -2.43. The maximum atomic E-state index is 13.1. The summed E-state index contributed by atoms with van der Waals surface area (Å²) in [5, 5.41) is 9.49. The molecule has 182 valence electrons. The van der Waals surface area contributed by atoms with Gasteiger partial charge < -0.3 is 24.1 Å². The molecule has 0 radical (unpaired) electrons. The molecule has 0 aromatic heterocycles. The minimum absolute atomic E-state index is 0.0216. The van der Waals surface area contributed by atoms with Crippen LogP contribution in [0, 0.1) is 0 Å². The molecule has 0 saturated carbocycles. The molecule has 34 heavy (non-hydrogen) atoms. The Kier molecular flexibility index (Phi) is 8.02. The zero-order valence-electron chi connectivity index (χ0n) is 17.9. The number of benzene rings is 3. The Bertz CT molecular complexity index is 1190. The van der Waals surface area contributed by atoms with E-state index in [2.05, 4.69) is 4.74 Å². The van der Waals surface area contributed by atoms with Crippen LogP contribution in [-0.2, 0) is 21.2 Å². The van der Waals surface area contributed by atoms with E-state index in [0.717, 1.165) is 12.1 Å². The number of hydrogen-bond acceptors (Lipinski definition) is 7. The lowest BCUT2D eigenvalue weighted by molar-refractivity contribution is -0.274. The minimum atomic E-state index is -4.79. The Morgan fingerprint density at radius 2 is 1.38 bits per heavy atom. The van der Waals surface area contributed by atoms with Gasteiger partial charge in [-0.05, 0) is 72.3 Å². The number of sulfone groups is 1. The third-order valence-electron chi connectivity index (χ3n) is 4.42. The van der Waals surface area contributed by atoms with E-state index in [-0.39, 0.29) is 40.3 Å². The third-order valence-corrected chi connectivity index (χ3v) is 6.17. The van der Waals surface area contributed by atoms with Crippen molar-refractivity contribution in [2.24, 2.45) is 0 Å². The van der Waals surface area contributed by atoms with Gasteiger partial charge in [0.15, 0.2) is 0 Å². The highest BCUT2D eigenvalue weighted by Crippen LogP contribution is 2.30. The molecule has 3 aromatic rings. The average Bonchev–Trinajstić information content (AvgIpc) is 2.80. The van der Waals surface area contributed by atoms with Crippen LogP contribution < -0.4 is 14.2 Å². The Morgan fingerprint density at radius 1 is 0.794 bits per heavy atom. The molecule has 0 amide bonds. The van der Waals surface area contributed by atoms with Gasteiger partial charge in [0.25, 0.3) is 0 Å². The molecule has 0 aliphatic carbocycles. The SMILES string of the molecule is COCCOc1cc(CO)cc(S(=O)(=O)c2ccc(Oc3ccc(OC(F)(F)F)cc3)cc2)c1. The van der Waals surface area contributed by atoms with E-state index >= 15 is 0 Å². The molecule has 1 N–H and O–H groups in total. The largest absolute Gasteiger partial charge is 0.573 e. The second-order valence-electron chi connectivity index (χ2n) is 6.91. The maximum Gasteiger partial charge on any atom is 0.573 e. The number of methoxy groups -OCH3 is 1. The van der Waals surface area contributed by atoms with Crippen LogP contribution in [0.25, 0.3) is 0 Å². The molecule has 0 saturated heterocycles. The van der Waals surface area contributed by atoms with Crippen molar-refractivity contribution in [3.63, 3.8) is 0 Å². The molecule has 0 bridgehead atoms. The van der Waals surface area contributed by atoms with Crippen molar-refractivity contribution < 1.29 is 45.6 Å². The molecule has 3 rings (SSSR count). The van der Waals surface area contributed by atoms with Gasteiger partial charge in [0.1, 0.15) is 29.6 Å². The summed E-state index contributed by atoms with van der Waals surface area (Å²) in [4.78, 5) is -0.0768. The Morgan fingerprint density at radius 3 is 1.94 bits per heavy atom. The van der Waals surface area contributed by atoms with Crippen molar-refractivity contribution in [1.29, 1.82) is 0 Å². The molecule has 0 atom stereocenters. The van der Waals surface area contributed by atoms with Gasteiger partial charge >= 0.3 is 6.36 Å². The maximum absolute atomic E-state index is 13.1. The molecular formula is C23H21F3O7S. The van der Waals surface area contributed by atoms with Crippen molar-refractivity contribution in [2.45, 2.75) is 22.8 Å². The van der Waals surface area contributed by atoms with E-state index in [9.17, 15) is 26.7 Å². The van der Waals surface area contributed by atoms with Crippen LogP contribution in [0.1, 0.15) is 5.56 Å². The standard InChI is InChI=1S/C23H21F3O7S/c1-30-10-11-31-20-12-16(15-27)13-22(14-20)34(28,29)21-8-6-18(7-9-21)32-17-2-4-19(5-3-17)33-23(24,25)26/h2-9,12-14,27H,10-11,15H2,1H3. The summed E-state index contributed by atoms with van der Waals surface area (Å²) in [6.45, 7) is 0.148. The first-order chi connectivity index (χ1) is 16.1. The van der Waals surface area contributed by atoms with Gasteiger partial charge in [-0.1, -0.05) is 0 Å². The van der Waals surface area contributed by atoms with Crippen LogP contribution in [0.2, 0.25) is 0 Å². The second kappa shape index (κ2) is 10.8. The summed E-state index contributed by atoms with van der Waals surface area (Å²) in [6.07, 6.45) is -4.79. The molecule has 0 fully saturated rings. The van der Waals surface area contributed by atoms with Crippen LogP contribution in [0.15, 0.2) is 76.5 Å². The van der Waals surface area contributed by atoms with Gasteiger partial charge in [0, 0.05) is 7.11 Å². The smallest absolute Gasteiger partial charge is 0.491 e. The number of rotatable bonds is 10. The zero-order chi connectivity index (χ0) is 24.8. The van der Waals surface area contributed by atoms with Crippen LogP contribution in [-0.4, -0.2) is 40.2 Å². The van der Waals surface area contributed by atoms with Gasteiger partial charge in [-0.15, -0.1) is 13.2 Å². The lowest BCUT2D eigenvalue weighted by Gasteiger charge is -2.12. The monoisotopic (exact) mass is 498 g/mol. The Hall–Kier alpha value is -3.28. The fourth-order valence-electron chi connectivity index (χ4n) is 2.87. The van der Waals surface area contributed by atoms with E-state index < -0.39 is 21.9 Å². The molecule has 0 heterocycles. The van der Waals surface area contributed by atoms with Gasteiger partial charge in [0.2, 0.25) is 9.84 Å². The van der Waals surface area contributed by atoms with Crippen molar-refractivity contribution in [1.82, 2.24) is 0 Å². The van der Waals surface area contributed by atoms with Crippen LogP contribution in [0.4, 0.5) is 13.2 Å². The molecule has 0 unspecified atom stereocenters. The van der Waals surface area contributed by atoms with Crippen LogP contribution in [0.5, 0.6) is 23.0 Å². The summed E-state index contributed by atoms with van der Waals surface area (Å²) >= 11 is 0. The first-order valence-corrected chi connectivity index (χ1v) is 11.3. The predicted octanol–water partition coefficient (Wildman–Crippen LogP) is 4.73. The number of ether oxygens (including phenoxy) is 4. The molecule has 0 aliphatic heterocycles. The molecule has 3 aromatic carbocycles. The third kappa shape index (κ3) is 6.86. The van der Waals surface area contributed by atoms with Gasteiger partial charge in [-0.25, -0.2) is 8.42 Å². The summed E-state index contributed by atoms with van der Waals surface area (Å²) in [5.74, 6) is 0.395. The summed E-state index contributed by atoms with van der Waals surface area (Å²) in [5.41, 5.74) is 0.367. The van der Waals surface area contributed by atoms with E-state index in [1.165, 1.54) is 61.7 Å². The highest BCUT2D eigenvalue weighted by molar-refractivity contribution is 7.91. The number of aliphatic hydroxyl groups excluding tert-OH is 1. The van der Waals surface area contributed by atoms with Crippen molar-refractivity contribution in [3.8, 4) is 23.0 Å². The highest BCUT2D eigenvalue weighted by atomic mass is 32.2.